The first-order chi connectivity index (χ1) is 10.0. The summed E-state index contributed by atoms with van der Waals surface area (Å²) < 4.78 is 10.7. The van der Waals surface area contributed by atoms with E-state index >= 15 is 0 Å². The van der Waals surface area contributed by atoms with Gasteiger partial charge in [-0.25, -0.2) is 0 Å². The van der Waals surface area contributed by atoms with Gasteiger partial charge in [-0.2, -0.15) is 5.10 Å². The zero-order valence-electron chi connectivity index (χ0n) is 12.0. The summed E-state index contributed by atoms with van der Waals surface area (Å²) in [6.07, 6.45) is 0. The molecule has 1 heterocycles. The van der Waals surface area contributed by atoms with Gasteiger partial charge in [0, 0.05) is 20.2 Å². The lowest BCUT2D eigenvalue weighted by Gasteiger charge is -2.08. The van der Waals surface area contributed by atoms with E-state index in [0.717, 1.165) is 0 Å². The fourth-order valence-corrected chi connectivity index (χ4v) is 1.88. The summed E-state index contributed by atoms with van der Waals surface area (Å²) in [4.78, 5) is 13.2. The number of halogens is 1. The van der Waals surface area contributed by atoms with Crippen LogP contribution >= 0.6 is 11.6 Å². The lowest BCUT2D eigenvalue weighted by molar-refractivity contribution is 0.0822. The molecule has 0 aliphatic rings. The number of H-pyrrole nitrogens is 1. The van der Waals surface area contributed by atoms with Crippen LogP contribution < -0.4 is 9.47 Å². The maximum absolute atomic E-state index is 11.7. The van der Waals surface area contributed by atoms with E-state index in [1.807, 2.05) is 0 Å². The Bertz CT molecular complexity index is 640. The number of ether oxygens (including phenoxy) is 2. The van der Waals surface area contributed by atoms with Gasteiger partial charge in [-0.15, -0.1) is 0 Å². The van der Waals surface area contributed by atoms with Gasteiger partial charge in [0.1, 0.15) is 18.1 Å². The first kappa shape index (κ1) is 15.2. The van der Waals surface area contributed by atoms with Crippen molar-refractivity contribution < 1.29 is 14.3 Å². The molecular formula is C14H16ClN3O3. The number of aromatic nitrogens is 2. The third-order valence-corrected chi connectivity index (χ3v) is 3.07. The largest absolute Gasteiger partial charge is 0.497 e. The van der Waals surface area contributed by atoms with Crippen molar-refractivity contribution >= 4 is 17.5 Å². The average molecular weight is 310 g/mol. The first-order valence-electron chi connectivity index (χ1n) is 6.23. The van der Waals surface area contributed by atoms with Gasteiger partial charge >= 0.3 is 0 Å². The van der Waals surface area contributed by atoms with Crippen LogP contribution in [0, 0.1) is 0 Å². The zero-order chi connectivity index (χ0) is 15.4. The van der Waals surface area contributed by atoms with Crippen LogP contribution in [0.3, 0.4) is 0 Å². The Kier molecular flexibility index (Phi) is 4.70. The topological polar surface area (TPSA) is 67.5 Å². The second-order valence-electron chi connectivity index (χ2n) is 4.56. The highest BCUT2D eigenvalue weighted by Crippen LogP contribution is 2.29. The number of nitrogens with one attached hydrogen (secondary N) is 1. The SMILES string of the molecule is COc1ccc(OCc2cc(C(=O)N(C)C)n[nH]2)c(Cl)c1. The van der Waals surface area contributed by atoms with Crippen LogP contribution in [0.15, 0.2) is 24.3 Å². The van der Waals surface area contributed by atoms with E-state index in [-0.39, 0.29) is 12.5 Å². The summed E-state index contributed by atoms with van der Waals surface area (Å²) in [5.41, 5.74) is 1.03. The smallest absolute Gasteiger partial charge is 0.273 e. The molecule has 1 amide bonds. The average Bonchev–Trinajstić information content (AvgIpc) is 2.93. The Morgan fingerprint density at radius 1 is 1.38 bits per heavy atom. The number of rotatable bonds is 5. The predicted octanol–water partition coefficient (Wildman–Crippen LogP) is 2.35. The Morgan fingerprint density at radius 3 is 2.76 bits per heavy atom. The van der Waals surface area contributed by atoms with Gasteiger partial charge in [-0.05, 0) is 18.2 Å². The third-order valence-electron chi connectivity index (χ3n) is 2.78. The van der Waals surface area contributed by atoms with Crippen LogP contribution in [0.5, 0.6) is 11.5 Å². The van der Waals surface area contributed by atoms with E-state index in [9.17, 15) is 4.79 Å². The van der Waals surface area contributed by atoms with Gasteiger partial charge in [0.05, 0.1) is 17.8 Å². The summed E-state index contributed by atoms with van der Waals surface area (Å²) in [6.45, 7) is 0.236. The summed E-state index contributed by atoms with van der Waals surface area (Å²) >= 11 is 6.08. The number of hydrogen-bond acceptors (Lipinski definition) is 4. The maximum Gasteiger partial charge on any atom is 0.273 e. The minimum Gasteiger partial charge on any atom is -0.497 e. The molecule has 6 nitrogen and oxygen atoms in total. The second kappa shape index (κ2) is 6.49. The molecular weight excluding hydrogens is 294 g/mol. The molecule has 0 aliphatic carbocycles. The molecule has 21 heavy (non-hydrogen) atoms. The maximum atomic E-state index is 11.7. The van der Waals surface area contributed by atoms with Crippen LogP contribution in [-0.2, 0) is 6.61 Å². The van der Waals surface area contributed by atoms with Crippen LogP contribution in [0.4, 0.5) is 0 Å². The summed E-state index contributed by atoms with van der Waals surface area (Å²) in [5, 5.41) is 7.17. The van der Waals surface area contributed by atoms with Crippen molar-refractivity contribution in [2.75, 3.05) is 21.2 Å². The van der Waals surface area contributed by atoms with E-state index in [4.69, 9.17) is 21.1 Å². The van der Waals surface area contributed by atoms with E-state index in [2.05, 4.69) is 10.2 Å². The van der Waals surface area contributed by atoms with Gasteiger partial charge in [0.25, 0.3) is 5.91 Å². The molecule has 0 spiro atoms. The normalized spacial score (nSPS) is 10.3. The van der Waals surface area contributed by atoms with Crippen LogP contribution in [0.1, 0.15) is 16.2 Å². The quantitative estimate of drug-likeness (QED) is 0.920. The zero-order valence-corrected chi connectivity index (χ0v) is 12.8. The fourth-order valence-electron chi connectivity index (χ4n) is 1.66. The van der Waals surface area contributed by atoms with E-state index in [1.54, 1.807) is 45.5 Å². The molecule has 1 N–H and O–H groups in total. The molecule has 0 radical (unpaired) electrons. The van der Waals surface area contributed by atoms with Gasteiger partial charge in [0.15, 0.2) is 5.69 Å². The molecule has 1 aromatic carbocycles. The highest BCUT2D eigenvalue weighted by Gasteiger charge is 2.12. The van der Waals surface area contributed by atoms with Crippen molar-refractivity contribution in [3.63, 3.8) is 0 Å². The molecule has 0 unspecified atom stereocenters. The second-order valence-corrected chi connectivity index (χ2v) is 4.97. The van der Waals surface area contributed by atoms with E-state index < -0.39 is 0 Å². The number of carbonyl (C=O) groups excluding carboxylic acids is 1. The highest BCUT2D eigenvalue weighted by molar-refractivity contribution is 6.32. The Morgan fingerprint density at radius 2 is 2.14 bits per heavy atom. The van der Waals surface area contributed by atoms with Crippen molar-refractivity contribution in [2.45, 2.75) is 6.61 Å². The van der Waals surface area contributed by atoms with Gasteiger partial charge in [-0.3, -0.25) is 9.89 Å². The number of aromatic amines is 1. The molecule has 2 aromatic rings. The van der Waals surface area contributed by atoms with Crippen molar-refractivity contribution in [3.8, 4) is 11.5 Å². The minimum atomic E-state index is -0.167. The standard InChI is InChI=1S/C14H16ClN3O3/c1-18(2)14(19)12-6-9(16-17-12)8-21-13-5-4-10(20-3)7-11(13)15/h4-7H,8H2,1-3H3,(H,16,17). The highest BCUT2D eigenvalue weighted by atomic mass is 35.5. The predicted molar refractivity (Wildman–Crippen MR) is 78.9 cm³/mol. The molecule has 0 atom stereocenters. The molecule has 0 saturated heterocycles. The molecule has 0 bridgehead atoms. The number of amides is 1. The lowest BCUT2D eigenvalue weighted by atomic mass is 10.3. The molecule has 1 aromatic heterocycles. The van der Waals surface area contributed by atoms with Crippen LogP contribution in [0.25, 0.3) is 0 Å². The van der Waals surface area contributed by atoms with Crippen molar-refractivity contribution in [3.05, 3.63) is 40.7 Å². The van der Waals surface area contributed by atoms with Crippen molar-refractivity contribution in [1.29, 1.82) is 0 Å². The fraction of sp³-hybridized carbons (Fsp3) is 0.286. The molecule has 0 fully saturated rings. The van der Waals surface area contributed by atoms with Crippen molar-refractivity contribution in [2.24, 2.45) is 0 Å². The molecule has 112 valence electrons. The number of carbonyl (C=O) groups is 1. The van der Waals surface area contributed by atoms with Gasteiger partial charge in [0.2, 0.25) is 0 Å². The molecule has 2 rings (SSSR count). The first-order valence-corrected chi connectivity index (χ1v) is 6.61. The molecule has 0 aliphatic heterocycles. The summed E-state index contributed by atoms with van der Waals surface area (Å²) in [6, 6.07) is 6.81. The summed E-state index contributed by atoms with van der Waals surface area (Å²) in [7, 11) is 4.91. The number of benzene rings is 1. The minimum absolute atomic E-state index is 0.167. The molecule has 0 saturated carbocycles. The van der Waals surface area contributed by atoms with Crippen LogP contribution in [-0.4, -0.2) is 42.2 Å². The van der Waals surface area contributed by atoms with Gasteiger partial charge < -0.3 is 14.4 Å². The van der Waals surface area contributed by atoms with E-state index in [1.165, 1.54) is 4.90 Å². The summed E-state index contributed by atoms with van der Waals surface area (Å²) in [5.74, 6) is 1.03. The Labute approximate surface area is 127 Å². The molecule has 7 heteroatoms. The third kappa shape index (κ3) is 3.66. The Balaban J connectivity index is 2.02. The van der Waals surface area contributed by atoms with E-state index in [0.29, 0.717) is 27.9 Å². The monoisotopic (exact) mass is 309 g/mol. The lowest BCUT2D eigenvalue weighted by Crippen LogP contribution is -2.21. The number of methoxy groups -OCH3 is 1. The van der Waals surface area contributed by atoms with Crippen molar-refractivity contribution in [1.82, 2.24) is 15.1 Å². The van der Waals surface area contributed by atoms with Crippen LogP contribution in [0.2, 0.25) is 5.02 Å². The Hall–Kier alpha value is -2.21. The number of nitrogens with zero attached hydrogens (tertiary/aromatic N) is 2. The van der Waals surface area contributed by atoms with Gasteiger partial charge in [-0.1, -0.05) is 11.6 Å². The number of hydrogen-bond donors (Lipinski definition) is 1.